The second-order valence-corrected chi connectivity index (χ2v) is 21.4. The van der Waals surface area contributed by atoms with Crippen LogP contribution in [0.1, 0.15) is 271 Å². The highest BCUT2D eigenvalue weighted by Gasteiger charge is 2.27. The van der Waals surface area contributed by atoms with Crippen molar-refractivity contribution >= 4 is 19.8 Å². The fourth-order valence-corrected chi connectivity index (χ4v) is 8.75. The van der Waals surface area contributed by atoms with Gasteiger partial charge < -0.3 is 18.9 Å². The number of hydrogen-bond acceptors (Lipinski definition) is 7. The van der Waals surface area contributed by atoms with Gasteiger partial charge in [0.15, 0.2) is 6.10 Å². The van der Waals surface area contributed by atoms with Crippen LogP contribution in [0.15, 0.2) is 12.2 Å². The first-order valence-electron chi connectivity index (χ1n) is 27.4. The summed E-state index contributed by atoms with van der Waals surface area (Å²) >= 11 is 0. The van der Waals surface area contributed by atoms with Gasteiger partial charge in [0.2, 0.25) is 0 Å². The lowest BCUT2D eigenvalue weighted by Crippen LogP contribution is -2.37. The van der Waals surface area contributed by atoms with E-state index in [2.05, 4.69) is 26.0 Å². The summed E-state index contributed by atoms with van der Waals surface area (Å²) in [6.07, 6.45) is 52.6. The van der Waals surface area contributed by atoms with Crippen molar-refractivity contribution in [2.45, 2.75) is 277 Å². The summed E-state index contributed by atoms with van der Waals surface area (Å²) in [5, 5.41) is 0. The molecular weight excluding hydrogens is 822 g/mol. The molecule has 0 saturated heterocycles. The first-order chi connectivity index (χ1) is 31.0. The number of phosphoric acid groups is 1. The van der Waals surface area contributed by atoms with Crippen molar-refractivity contribution in [3.8, 4) is 0 Å². The highest BCUT2D eigenvalue weighted by molar-refractivity contribution is 7.47. The zero-order valence-corrected chi connectivity index (χ0v) is 43.9. The molecule has 0 bridgehead atoms. The Morgan fingerprint density at radius 3 is 1.16 bits per heavy atom. The molecule has 0 spiro atoms. The third kappa shape index (κ3) is 50.2. The van der Waals surface area contributed by atoms with Crippen LogP contribution >= 0.6 is 7.82 Å². The van der Waals surface area contributed by atoms with Gasteiger partial charge in [-0.2, -0.15) is 0 Å². The molecule has 0 aliphatic rings. The van der Waals surface area contributed by atoms with Crippen LogP contribution in [0.25, 0.3) is 0 Å². The Labute approximate surface area is 396 Å². The number of quaternary nitrogens is 1. The van der Waals surface area contributed by atoms with Crippen molar-refractivity contribution in [3.63, 3.8) is 0 Å². The Kier molecular flexibility index (Phi) is 45.9. The van der Waals surface area contributed by atoms with E-state index in [0.29, 0.717) is 17.4 Å². The van der Waals surface area contributed by atoms with Gasteiger partial charge >= 0.3 is 19.8 Å². The Morgan fingerprint density at radius 2 is 0.797 bits per heavy atom. The summed E-state index contributed by atoms with van der Waals surface area (Å²) < 4.78 is 34.5. The maximum Gasteiger partial charge on any atom is 0.472 e. The largest absolute Gasteiger partial charge is 0.472 e. The van der Waals surface area contributed by atoms with E-state index >= 15 is 0 Å². The molecule has 0 aliphatic heterocycles. The first kappa shape index (κ1) is 62.8. The van der Waals surface area contributed by atoms with Crippen molar-refractivity contribution in [2.24, 2.45) is 0 Å². The Balaban J connectivity index is 4.17. The maximum atomic E-state index is 12.8. The fraction of sp³-hybridized carbons (Fsp3) is 0.926. The van der Waals surface area contributed by atoms with E-state index in [1.54, 1.807) is 0 Å². The molecule has 1 N–H and O–H groups in total. The first-order valence-corrected chi connectivity index (χ1v) is 28.9. The van der Waals surface area contributed by atoms with Crippen molar-refractivity contribution in [1.29, 1.82) is 0 Å². The van der Waals surface area contributed by atoms with Crippen LogP contribution in [0.2, 0.25) is 0 Å². The zero-order valence-electron chi connectivity index (χ0n) is 43.0. The monoisotopic (exact) mass is 929 g/mol. The van der Waals surface area contributed by atoms with Crippen molar-refractivity contribution in [1.82, 2.24) is 0 Å². The molecule has 380 valence electrons. The summed E-state index contributed by atoms with van der Waals surface area (Å²) in [7, 11) is 1.49. The molecule has 2 atom stereocenters. The van der Waals surface area contributed by atoms with E-state index in [0.717, 1.165) is 38.5 Å². The number of phosphoric ester groups is 1. The minimum atomic E-state index is -4.38. The third-order valence-corrected chi connectivity index (χ3v) is 13.3. The molecule has 9 nitrogen and oxygen atoms in total. The Morgan fingerprint density at radius 1 is 0.469 bits per heavy atom. The zero-order chi connectivity index (χ0) is 47.1. The summed E-state index contributed by atoms with van der Waals surface area (Å²) in [4.78, 5) is 35.6. The minimum Gasteiger partial charge on any atom is -0.462 e. The van der Waals surface area contributed by atoms with E-state index in [9.17, 15) is 19.0 Å². The van der Waals surface area contributed by atoms with E-state index in [-0.39, 0.29) is 25.6 Å². The molecule has 0 rings (SSSR count). The predicted molar refractivity (Wildman–Crippen MR) is 271 cm³/mol. The molecule has 0 heterocycles. The molecule has 0 aliphatic carbocycles. The van der Waals surface area contributed by atoms with E-state index < -0.39 is 26.5 Å². The second-order valence-electron chi connectivity index (χ2n) is 20.0. The predicted octanol–water partition coefficient (Wildman–Crippen LogP) is 16.5. The lowest BCUT2D eigenvalue weighted by molar-refractivity contribution is -0.870. The molecule has 64 heavy (non-hydrogen) atoms. The van der Waals surface area contributed by atoms with Gasteiger partial charge in [-0.15, -0.1) is 0 Å². The number of rotatable bonds is 51. The van der Waals surface area contributed by atoms with E-state index in [1.165, 1.54) is 205 Å². The summed E-state index contributed by atoms with van der Waals surface area (Å²) in [6, 6.07) is 0. The molecule has 0 aromatic heterocycles. The summed E-state index contributed by atoms with van der Waals surface area (Å²) in [5.41, 5.74) is 0. The molecule has 0 aromatic carbocycles. The standard InChI is InChI=1S/C54H106NO8P/c1-6-8-10-12-14-16-18-20-22-24-26-27-29-30-32-34-36-38-40-42-44-46-53(56)60-50-52(51-62-64(58,59)61-49-48-55(3,4)5)63-54(57)47-45-43-41-39-37-35-33-31-28-25-23-21-19-17-15-13-11-9-7-2/h20,22,52H,6-19,21,23-51H2,1-5H3/p+1/b22-20+/t52-/m1/s1. The number of allylic oxidation sites excluding steroid dienone is 2. The van der Waals surface area contributed by atoms with Gasteiger partial charge in [0.05, 0.1) is 27.7 Å². The number of ether oxygens (including phenoxy) is 2. The molecule has 1 unspecified atom stereocenters. The fourth-order valence-electron chi connectivity index (χ4n) is 8.01. The third-order valence-electron chi connectivity index (χ3n) is 12.3. The van der Waals surface area contributed by atoms with Gasteiger partial charge in [-0.05, 0) is 38.5 Å². The minimum absolute atomic E-state index is 0.0355. The van der Waals surface area contributed by atoms with Crippen LogP contribution in [0.3, 0.4) is 0 Å². The van der Waals surface area contributed by atoms with Gasteiger partial charge in [0.25, 0.3) is 0 Å². The second kappa shape index (κ2) is 46.8. The lowest BCUT2D eigenvalue weighted by Gasteiger charge is -2.24. The average Bonchev–Trinajstić information content (AvgIpc) is 3.25. The van der Waals surface area contributed by atoms with Gasteiger partial charge in [-0.1, -0.05) is 231 Å². The van der Waals surface area contributed by atoms with Crippen LogP contribution < -0.4 is 0 Å². The Bertz CT molecular complexity index is 1100. The lowest BCUT2D eigenvalue weighted by atomic mass is 10.0. The van der Waals surface area contributed by atoms with Crippen molar-refractivity contribution in [3.05, 3.63) is 12.2 Å². The van der Waals surface area contributed by atoms with Crippen LogP contribution in [0, 0.1) is 0 Å². The van der Waals surface area contributed by atoms with E-state index in [1.807, 2.05) is 21.1 Å². The molecular formula is C54H107NO8P+. The molecule has 0 aromatic rings. The van der Waals surface area contributed by atoms with Gasteiger partial charge in [-0.25, -0.2) is 4.57 Å². The number of esters is 2. The van der Waals surface area contributed by atoms with Crippen LogP contribution in [0.5, 0.6) is 0 Å². The number of likely N-dealkylation sites (N-methyl/N-ethyl adjacent to an activating group) is 1. The number of unbranched alkanes of at least 4 members (excludes halogenated alkanes) is 35. The van der Waals surface area contributed by atoms with Crippen molar-refractivity contribution in [2.75, 3.05) is 47.5 Å². The van der Waals surface area contributed by atoms with Crippen molar-refractivity contribution < 1.29 is 42.1 Å². The molecule has 0 fully saturated rings. The van der Waals surface area contributed by atoms with Crippen LogP contribution in [0.4, 0.5) is 0 Å². The van der Waals surface area contributed by atoms with Gasteiger partial charge in [0.1, 0.15) is 19.8 Å². The van der Waals surface area contributed by atoms with E-state index in [4.69, 9.17) is 18.5 Å². The molecule has 0 saturated carbocycles. The number of carbonyl (C=O) groups excluding carboxylic acids is 2. The quantitative estimate of drug-likeness (QED) is 0.0211. The summed E-state index contributed by atoms with van der Waals surface area (Å²) in [6.45, 7) is 4.48. The normalized spacial score (nSPS) is 13.4. The van der Waals surface area contributed by atoms with Crippen LogP contribution in [-0.2, 0) is 32.7 Å². The molecule has 10 heteroatoms. The topological polar surface area (TPSA) is 108 Å². The van der Waals surface area contributed by atoms with Gasteiger partial charge in [-0.3, -0.25) is 18.6 Å². The smallest absolute Gasteiger partial charge is 0.462 e. The molecule has 0 amide bonds. The SMILES string of the molecule is CCCCCCCC/C=C/CCCCCCCCCCCCCC(=O)OC[C@H](COP(=O)(O)OCC[N+](C)(C)C)OC(=O)CCCCCCCCCCCCCCCCCCCCC. The van der Waals surface area contributed by atoms with Crippen LogP contribution in [-0.4, -0.2) is 74.9 Å². The Hall–Kier alpha value is -1.25. The number of carbonyl (C=O) groups is 2. The number of nitrogens with zero attached hydrogens (tertiary/aromatic N) is 1. The molecule has 0 radical (unpaired) electrons. The highest BCUT2D eigenvalue weighted by Crippen LogP contribution is 2.43. The maximum absolute atomic E-state index is 12.8. The summed E-state index contributed by atoms with van der Waals surface area (Å²) in [5.74, 6) is -0.781. The average molecular weight is 929 g/mol. The van der Waals surface area contributed by atoms with Gasteiger partial charge in [0, 0.05) is 12.8 Å². The number of hydrogen-bond donors (Lipinski definition) is 1. The highest BCUT2D eigenvalue weighted by atomic mass is 31.2.